The fraction of sp³-hybridized carbons (Fsp3) is 0.500. The van der Waals surface area contributed by atoms with Crippen molar-refractivity contribution in [1.82, 2.24) is 25.2 Å². The fourth-order valence-electron chi connectivity index (χ4n) is 2.30. The van der Waals surface area contributed by atoms with Crippen molar-refractivity contribution in [2.45, 2.75) is 39.3 Å². The van der Waals surface area contributed by atoms with E-state index in [2.05, 4.69) is 25.2 Å². The van der Waals surface area contributed by atoms with Crippen LogP contribution in [0.1, 0.15) is 47.3 Å². The number of aromatic nitrogens is 4. The summed E-state index contributed by atoms with van der Waals surface area (Å²) in [5.41, 5.74) is 0.682. The first-order chi connectivity index (χ1) is 9.15. The Labute approximate surface area is 110 Å². The second-order valence-corrected chi connectivity index (χ2v) is 4.76. The van der Waals surface area contributed by atoms with Gasteiger partial charge in [-0.15, -0.1) is 10.2 Å². The van der Waals surface area contributed by atoms with Crippen LogP contribution in [0.2, 0.25) is 0 Å². The maximum atomic E-state index is 12.0. The summed E-state index contributed by atoms with van der Waals surface area (Å²) in [7, 11) is 0. The van der Waals surface area contributed by atoms with E-state index in [1.807, 2.05) is 6.92 Å². The Hall–Kier alpha value is -2.18. The maximum Gasteiger partial charge on any atom is 0.290 e. The van der Waals surface area contributed by atoms with Crippen molar-refractivity contribution in [3.63, 3.8) is 0 Å². The fourth-order valence-corrected chi connectivity index (χ4v) is 2.30. The van der Waals surface area contributed by atoms with E-state index in [1.54, 1.807) is 13.0 Å². The van der Waals surface area contributed by atoms with E-state index in [9.17, 15) is 4.79 Å². The summed E-state index contributed by atoms with van der Waals surface area (Å²) in [6, 6.07) is 1.40. The molecule has 3 heterocycles. The largest absolute Gasteiger partial charge is 0.351 e. The molecule has 1 atom stereocenters. The molecule has 0 radical (unpaired) electrons. The van der Waals surface area contributed by atoms with Crippen LogP contribution in [0.5, 0.6) is 0 Å². The van der Waals surface area contributed by atoms with E-state index in [4.69, 9.17) is 4.52 Å². The van der Waals surface area contributed by atoms with Gasteiger partial charge in [-0.3, -0.25) is 4.79 Å². The number of hydrogen-bond donors (Lipinski definition) is 1. The molecule has 1 aliphatic heterocycles. The molecule has 2 aromatic heterocycles. The number of carbonyl (C=O) groups is 1. The summed E-state index contributed by atoms with van der Waals surface area (Å²) in [6.07, 6.45) is 2.04. The van der Waals surface area contributed by atoms with Gasteiger partial charge in [-0.25, -0.2) is 0 Å². The molecule has 0 spiro atoms. The van der Waals surface area contributed by atoms with Crippen LogP contribution in [0.15, 0.2) is 10.6 Å². The molecule has 1 N–H and O–H groups in total. The van der Waals surface area contributed by atoms with Gasteiger partial charge < -0.3 is 14.4 Å². The van der Waals surface area contributed by atoms with Crippen LogP contribution in [-0.4, -0.2) is 25.8 Å². The standard InChI is InChI=1S/C12H15N5O2/c1-7-6-9(19-16-7)12(18)13-8(2)11-15-14-10-4-3-5-17(10)11/h6,8H,3-5H2,1-2H3,(H,13,18)/t8-/m0/s1. The quantitative estimate of drug-likeness (QED) is 0.891. The van der Waals surface area contributed by atoms with E-state index >= 15 is 0 Å². The molecule has 0 unspecified atom stereocenters. The third kappa shape index (κ3) is 2.11. The predicted molar refractivity (Wildman–Crippen MR) is 65.5 cm³/mol. The topological polar surface area (TPSA) is 85.8 Å². The highest BCUT2D eigenvalue weighted by atomic mass is 16.5. The molecule has 1 aliphatic rings. The molecular formula is C12H15N5O2. The highest BCUT2D eigenvalue weighted by Crippen LogP contribution is 2.19. The lowest BCUT2D eigenvalue weighted by Crippen LogP contribution is -2.28. The molecule has 0 aromatic carbocycles. The normalized spacial score (nSPS) is 15.3. The Kier molecular flexibility index (Phi) is 2.81. The van der Waals surface area contributed by atoms with Gasteiger partial charge in [0, 0.05) is 19.0 Å². The summed E-state index contributed by atoms with van der Waals surface area (Å²) in [4.78, 5) is 12.0. The number of fused-ring (bicyclic) bond motifs is 1. The average molecular weight is 261 g/mol. The van der Waals surface area contributed by atoms with E-state index in [0.29, 0.717) is 5.69 Å². The third-order valence-corrected chi connectivity index (χ3v) is 3.22. The minimum Gasteiger partial charge on any atom is -0.351 e. The van der Waals surface area contributed by atoms with Crippen molar-refractivity contribution in [2.75, 3.05) is 0 Å². The third-order valence-electron chi connectivity index (χ3n) is 3.22. The first-order valence-corrected chi connectivity index (χ1v) is 6.31. The molecule has 7 nitrogen and oxygen atoms in total. The Morgan fingerprint density at radius 3 is 3.11 bits per heavy atom. The minimum atomic E-state index is -0.288. The number of rotatable bonds is 3. The highest BCUT2D eigenvalue weighted by molar-refractivity contribution is 5.91. The lowest BCUT2D eigenvalue weighted by molar-refractivity contribution is 0.0900. The van der Waals surface area contributed by atoms with Crippen molar-refractivity contribution in [2.24, 2.45) is 0 Å². The van der Waals surface area contributed by atoms with Gasteiger partial charge in [-0.05, 0) is 20.3 Å². The van der Waals surface area contributed by atoms with Gasteiger partial charge in [-0.1, -0.05) is 5.16 Å². The monoisotopic (exact) mass is 261 g/mol. The molecule has 2 aromatic rings. The first kappa shape index (κ1) is 11.9. The zero-order chi connectivity index (χ0) is 13.4. The Bertz CT molecular complexity index is 615. The van der Waals surface area contributed by atoms with E-state index in [1.165, 1.54) is 0 Å². The number of nitrogens with zero attached hydrogens (tertiary/aromatic N) is 4. The first-order valence-electron chi connectivity index (χ1n) is 6.31. The van der Waals surface area contributed by atoms with Crippen molar-refractivity contribution in [3.05, 3.63) is 29.2 Å². The van der Waals surface area contributed by atoms with Crippen LogP contribution < -0.4 is 5.32 Å². The highest BCUT2D eigenvalue weighted by Gasteiger charge is 2.23. The van der Waals surface area contributed by atoms with E-state index in [-0.39, 0.29) is 17.7 Å². The smallest absolute Gasteiger partial charge is 0.290 e. The molecule has 0 saturated carbocycles. The summed E-state index contributed by atoms with van der Waals surface area (Å²) < 4.78 is 7.00. The van der Waals surface area contributed by atoms with Crippen molar-refractivity contribution < 1.29 is 9.32 Å². The van der Waals surface area contributed by atoms with E-state index in [0.717, 1.165) is 31.0 Å². The van der Waals surface area contributed by atoms with Gasteiger partial charge in [0.15, 0.2) is 5.82 Å². The number of nitrogens with one attached hydrogen (secondary N) is 1. The molecule has 0 saturated heterocycles. The SMILES string of the molecule is Cc1cc(C(=O)N[C@@H](C)c2nnc3n2CCC3)on1. The Balaban J connectivity index is 1.74. The molecule has 1 amide bonds. The lowest BCUT2D eigenvalue weighted by Gasteiger charge is -2.12. The van der Waals surface area contributed by atoms with Gasteiger partial charge in [-0.2, -0.15) is 0 Å². The predicted octanol–water partition coefficient (Wildman–Crippen LogP) is 1.01. The van der Waals surface area contributed by atoms with Gasteiger partial charge in [0.1, 0.15) is 5.82 Å². The number of amides is 1. The molecular weight excluding hydrogens is 246 g/mol. The number of aryl methyl sites for hydroxylation is 2. The molecule has 0 bridgehead atoms. The molecule has 3 rings (SSSR count). The van der Waals surface area contributed by atoms with Crippen LogP contribution in [-0.2, 0) is 13.0 Å². The summed E-state index contributed by atoms with van der Waals surface area (Å²) >= 11 is 0. The minimum absolute atomic E-state index is 0.211. The molecule has 100 valence electrons. The zero-order valence-electron chi connectivity index (χ0n) is 10.9. The van der Waals surface area contributed by atoms with Crippen LogP contribution in [0.4, 0.5) is 0 Å². The van der Waals surface area contributed by atoms with Crippen LogP contribution in [0.3, 0.4) is 0 Å². The second-order valence-electron chi connectivity index (χ2n) is 4.76. The summed E-state index contributed by atoms with van der Waals surface area (Å²) in [5.74, 6) is 1.71. The summed E-state index contributed by atoms with van der Waals surface area (Å²) in [6.45, 7) is 4.57. The lowest BCUT2D eigenvalue weighted by atomic mass is 10.3. The molecule has 7 heteroatoms. The number of hydrogen-bond acceptors (Lipinski definition) is 5. The average Bonchev–Trinajstić information content (AvgIpc) is 3.02. The van der Waals surface area contributed by atoms with Gasteiger partial charge >= 0.3 is 0 Å². The molecule has 0 aliphatic carbocycles. The maximum absolute atomic E-state index is 12.0. The zero-order valence-corrected chi connectivity index (χ0v) is 10.9. The van der Waals surface area contributed by atoms with E-state index < -0.39 is 0 Å². The van der Waals surface area contributed by atoms with Crippen molar-refractivity contribution in [3.8, 4) is 0 Å². The van der Waals surface area contributed by atoms with Crippen molar-refractivity contribution >= 4 is 5.91 Å². The number of carbonyl (C=O) groups excluding carboxylic acids is 1. The van der Waals surface area contributed by atoms with Gasteiger partial charge in [0.05, 0.1) is 11.7 Å². The van der Waals surface area contributed by atoms with Crippen LogP contribution in [0.25, 0.3) is 0 Å². The van der Waals surface area contributed by atoms with Gasteiger partial charge in [0.25, 0.3) is 5.91 Å². The molecule has 0 fully saturated rings. The van der Waals surface area contributed by atoms with Crippen LogP contribution in [0, 0.1) is 6.92 Å². The Morgan fingerprint density at radius 1 is 1.53 bits per heavy atom. The second kappa shape index (κ2) is 4.49. The summed E-state index contributed by atoms with van der Waals surface area (Å²) in [5, 5.41) is 14.8. The molecule has 19 heavy (non-hydrogen) atoms. The van der Waals surface area contributed by atoms with Crippen LogP contribution >= 0.6 is 0 Å². The Morgan fingerprint density at radius 2 is 2.37 bits per heavy atom. The van der Waals surface area contributed by atoms with Gasteiger partial charge in [0.2, 0.25) is 5.76 Å². The van der Waals surface area contributed by atoms with Crippen molar-refractivity contribution in [1.29, 1.82) is 0 Å².